The number of aromatic nitrogens is 4. The monoisotopic (exact) mass is 922 g/mol. The third kappa shape index (κ3) is 12.6. The van der Waals surface area contributed by atoms with Crippen molar-refractivity contribution in [2.75, 3.05) is 73.8 Å². The second-order valence-electron chi connectivity index (χ2n) is 16.6. The molecular formula is C42H56Br2N10O4. The van der Waals surface area contributed by atoms with Gasteiger partial charge in [0.05, 0.1) is 24.5 Å². The molecule has 2 aromatic heterocycles. The lowest BCUT2D eigenvalue weighted by Crippen LogP contribution is -2.57. The van der Waals surface area contributed by atoms with Gasteiger partial charge in [0.2, 0.25) is 0 Å². The van der Waals surface area contributed by atoms with E-state index in [1.807, 2.05) is 107 Å². The summed E-state index contributed by atoms with van der Waals surface area (Å²) in [6.45, 7) is 14.9. The van der Waals surface area contributed by atoms with Gasteiger partial charge in [0.1, 0.15) is 20.4 Å². The molecule has 2 fully saturated rings. The van der Waals surface area contributed by atoms with E-state index in [2.05, 4.69) is 80.9 Å². The van der Waals surface area contributed by atoms with Gasteiger partial charge in [-0.15, -0.1) is 0 Å². The van der Waals surface area contributed by atoms with Crippen LogP contribution in [0.1, 0.15) is 52.7 Å². The Labute approximate surface area is 359 Å². The summed E-state index contributed by atoms with van der Waals surface area (Å²) < 4.78 is 12.7. The van der Waals surface area contributed by atoms with Crippen LogP contribution in [0.4, 0.5) is 32.9 Å². The summed E-state index contributed by atoms with van der Waals surface area (Å²) in [4.78, 5) is 53.6. The number of carbonyl (C=O) groups excluding carboxylic acids is 2. The summed E-state index contributed by atoms with van der Waals surface area (Å²) in [6, 6.07) is 20.3. The Morgan fingerprint density at radius 1 is 0.690 bits per heavy atom. The number of nitrogen functional groups attached to an aromatic ring is 1. The zero-order chi connectivity index (χ0) is 42.2. The van der Waals surface area contributed by atoms with Crippen molar-refractivity contribution in [3.8, 4) is 0 Å². The lowest BCUT2D eigenvalue weighted by atomic mass is 10.0. The molecule has 4 aromatic rings. The number of piperazine rings is 2. The Bertz CT molecular complexity index is 1980. The zero-order valence-electron chi connectivity index (χ0n) is 34.7. The molecule has 2 aromatic carbocycles. The van der Waals surface area contributed by atoms with Crippen molar-refractivity contribution in [3.05, 3.63) is 93.4 Å². The van der Waals surface area contributed by atoms with Crippen molar-refractivity contribution < 1.29 is 19.1 Å². The minimum absolute atomic E-state index is 0.0354. The Morgan fingerprint density at radius 3 is 1.53 bits per heavy atom. The standard InChI is InChI=1S/C22H30BrN5O2.C20H26BrN5O2/c1-22(2,3)30-21(29)28-12-11-27(15-17(28)13-16-9-7-6-8-10-16)20-19(26(4)5)24-14-18(23)25-20;1-20(2,3)28-19(27)26-10-9-25(18-17(22)23-12-16(21)24-18)13-15(26)11-14-7-5-4-6-8-14/h6-10,14,17H,11-13,15H2,1-5H3;4-8,12,15H,9-11,13H2,1-3H3,(H2,22,23)/t17-;15-/m00/s1. The second kappa shape index (κ2) is 19.4. The first-order valence-corrected chi connectivity index (χ1v) is 21.0. The molecule has 4 heterocycles. The molecule has 6 rings (SSSR count). The number of halogens is 2. The molecule has 0 aliphatic carbocycles. The summed E-state index contributed by atoms with van der Waals surface area (Å²) in [6.07, 6.45) is 4.19. The van der Waals surface area contributed by atoms with E-state index < -0.39 is 11.2 Å². The van der Waals surface area contributed by atoms with Gasteiger partial charge in [0.15, 0.2) is 23.3 Å². The first kappa shape index (κ1) is 44.4. The van der Waals surface area contributed by atoms with Crippen molar-refractivity contribution in [2.24, 2.45) is 0 Å². The van der Waals surface area contributed by atoms with Crippen molar-refractivity contribution in [3.63, 3.8) is 0 Å². The summed E-state index contributed by atoms with van der Waals surface area (Å²) in [5, 5.41) is 0. The number of carbonyl (C=O) groups is 2. The first-order valence-electron chi connectivity index (χ1n) is 19.4. The molecule has 16 heteroatoms. The van der Waals surface area contributed by atoms with Gasteiger partial charge in [-0.2, -0.15) is 0 Å². The third-order valence-corrected chi connectivity index (χ3v) is 10.1. The number of benzene rings is 2. The number of rotatable bonds is 7. The van der Waals surface area contributed by atoms with E-state index in [9.17, 15) is 9.59 Å². The molecule has 0 spiro atoms. The lowest BCUT2D eigenvalue weighted by molar-refractivity contribution is 0.0130. The van der Waals surface area contributed by atoms with Crippen LogP contribution in [0.25, 0.3) is 0 Å². The maximum absolute atomic E-state index is 12.9. The molecule has 2 aliphatic heterocycles. The highest BCUT2D eigenvalue weighted by molar-refractivity contribution is 9.10. The molecule has 312 valence electrons. The molecule has 2 amide bonds. The molecule has 0 unspecified atom stereocenters. The summed E-state index contributed by atoms with van der Waals surface area (Å²) in [5.74, 6) is 2.64. The van der Waals surface area contributed by atoms with Gasteiger partial charge >= 0.3 is 12.2 Å². The molecule has 2 atom stereocenters. The van der Waals surface area contributed by atoms with Gasteiger partial charge in [0.25, 0.3) is 0 Å². The van der Waals surface area contributed by atoms with Gasteiger partial charge < -0.3 is 39.7 Å². The fourth-order valence-electron chi connectivity index (χ4n) is 6.82. The van der Waals surface area contributed by atoms with Crippen LogP contribution in [-0.4, -0.2) is 119 Å². The lowest BCUT2D eigenvalue weighted by Gasteiger charge is -2.42. The average molecular weight is 925 g/mol. The van der Waals surface area contributed by atoms with Crippen LogP contribution in [-0.2, 0) is 22.3 Å². The number of hydrogen-bond donors (Lipinski definition) is 1. The normalized spacial score (nSPS) is 17.3. The van der Waals surface area contributed by atoms with Gasteiger partial charge in [-0.1, -0.05) is 60.7 Å². The minimum atomic E-state index is -0.536. The summed E-state index contributed by atoms with van der Waals surface area (Å²) in [7, 11) is 3.92. The van der Waals surface area contributed by atoms with Gasteiger partial charge in [0, 0.05) is 53.4 Å². The predicted molar refractivity (Wildman–Crippen MR) is 236 cm³/mol. The van der Waals surface area contributed by atoms with Gasteiger partial charge in [-0.3, -0.25) is 0 Å². The van der Waals surface area contributed by atoms with Crippen LogP contribution in [0, 0.1) is 0 Å². The molecule has 2 aliphatic rings. The number of ether oxygens (including phenoxy) is 2. The quantitative estimate of drug-likeness (QED) is 0.196. The van der Waals surface area contributed by atoms with Crippen molar-refractivity contribution in [1.29, 1.82) is 0 Å². The van der Waals surface area contributed by atoms with E-state index in [1.54, 1.807) is 12.4 Å². The Balaban J connectivity index is 0.000000221. The highest BCUT2D eigenvalue weighted by Crippen LogP contribution is 2.30. The van der Waals surface area contributed by atoms with E-state index in [4.69, 9.17) is 20.2 Å². The zero-order valence-corrected chi connectivity index (χ0v) is 37.9. The van der Waals surface area contributed by atoms with E-state index in [0.29, 0.717) is 60.1 Å². The SMILES string of the molecule is CC(C)(C)OC(=O)N1CCN(c2nc(Br)cnc2N)C[C@@H]1Cc1ccccc1.CN(C)c1ncc(Br)nc1N1CCN(C(=O)OC(C)(C)C)[C@@H](Cc2ccccc2)C1. The highest BCUT2D eigenvalue weighted by Gasteiger charge is 2.36. The Hall–Kier alpha value is -4.70. The van der Waals surface area contributed by atoms with Crippen LogP contribution in [0.5, 0.6) is 0 Å². The fraction of sp³-hybridized carbons (Fsp3) is 0.476. The molecule has 0 bridgehead atoms. The molecule has 2 N–H and O–H groups in total. The summed E-state index contributed by atoms with van der Waals surface area (Å²) in [5.41, 5.74) is 7.34. The van der Waals surface area contributed by atoms with Gasteiger partial charge in [-0.05, 0) is 97.4 Å². The number of nitrogens with two attached hydrogens (primary N) is 1. The maximum Gasteiger partial charge on any atom is 0.410 e. The molecule has 58 heavy (non-hydrogen) atoms. The van der Waals surface area contributed by atoms with E-state index in [1.165, 1.54) is 5.56 Å². The van der Waals surface area contributed by atoms with Gasteiger partial charge in [-0.25, -0.2) is 29.5 Å². The molecule has 2 saturated heterocycles. The Morgan fingerprint density at radius 2 is 1.10 bits per heavy atom. The van der Waals surface area contributed by atoms with E-state index >= 15 is 0 Å². The minimum Gasteiger partial charge on any atom is -0.444 e. The maximum atomic E-state index is 12.9. The predicted octanol–water partition coefficient (Wildman–Crippen LogP) is 7.46. The largest absolute Gasteiger partial charge is 0.444 e. The Kier molecular flexibility index (Phi) is 14.8. The van der Waals surface area contributed by atoms with Crippen LogP contribution < -0.4 is 20.4 Å². The fourth-order valence-corrected chi connectivity index (χ4v) is 7.36. The molecule has 0 radical (unpaired) electrons. The molecule has 14 nitrogen and oxygen atoms in total. The first-order chi connectivity index (χ1) is 27.4. The van der Waals surface area contributed by atoms with Crippen LogP contribution in [0.2, 0.25) is 0 Å². The van der Waals surface area contributed by atoms with Crippen molar-refractivity contribution >= 4 is 67.3 Å². The topological polar surface area (TPSA) is 146 Å². The third-order valence-electron chi connectivity index (χ3n) is 9.33. The second-order valence-corrected chi connectivity index (χ2v) is 18.2. The number of amides is 2. The van der Waals surface area contributed by atoms with E-state index in [0.717, 1.165) is 30.0 Å². The molecule has 0 saturated carbocycles. The number of nitrogens with zero attached hydrogens (tertiary/aromatic N) is 9. The van der Waals surface area contributed by atoms with E-state index in [-0.39, 0.29) is 24.3 Å². The van der Waals surface area contributed by atoms with Crippen molar-refractivity contribution in [2.45, 2.75) is 77.7 Å². The summed E-state index contributed by atoms with van der Waals surface area (Å²) >= 11 is 6.81. The van der Waals surface area contributed by atoms with Crippen LogP contribution >= 0.6 is 31.9 Å². The smallest absolute Gasteiger partial charge is 0.410 e. The molecular weight excluding hydrogens is 868 g/mol. The van der Waals surface area contributed by atoms with Crippen LogP contribution in [0.15, 0.2) is 82.3 Å². The van der Waals surface area contributed by atoms with Crippen molar-refractivity contribution in [1.82, 2.24) is 29.7 Å². The van der Waals surface area contributed by atoms with Crippen LogP contribution in [0.3, 0.4) is 0 Å². The highest BCUT2D eigenvalue weighted by atomic mass is 79.9. The number of hydrogen-bond acceptors (Lipinski definition) is 12. The number of anilines is 4. The average Bonchev–Trinajstić information content (AvgIpc) is 3.15.